The highest BCUT2D eigenvalue weighted by Gasteiger charge is 2.18. The second kappa shape index (κ2) is 8.39. The van der Waals surface area contributed by atoms with Gasteiger partial charge in [-0.15, -0.1) is 0 Å². The molecule has 0 spiro atoms. The molecular formula is C23H25NO5. The molecule has 29 heavy (non-hydrogen) atoms. The van der Waals surface area contributed by atoms with Gasteiger partial charge in [0.2, 0.25) is 0 Å². The molecule has 3 rings (SSSR count). The quantitative estimate of drug-likeness (QED) is 0.602. The summed E-state index contributed by atoms with van der Waals surface area (Å²) in [6.07, 6.45) is 0. The van der Waals surface area contributed by atoms with E-state index in [0.29, 0.717) is 30.2 Å². The Kier molecular flexibility index (Phi) is 5.92. The van der Waals surface area contributed by atoms with Crippen LogP contribution in [-0.4, -0.2) is 29.1 Å². The molecule has 0 aliphatic rings. The van der Waals surface area contributed by atoms with Crippen molar-refractivity contribution in [3.63, 3.8) is 0 Å². The summed E-state index contributed by atoms with van der Waals surface area (Å²) in [6, 6.07) is 14.5. The van der Waals surface area contributed by atoms with E-state index < -0.39 is 5.60 Å². The maximum absolute atomic E-state index is 12.2. The summed E-state index contributed by atoms with van der Waals surface area (Å²) in [7, 11) is 0. The van der Waals surface area contributed by atoms with E-state index in [4.69, 9.17) is 14.2 Å². The van der Waals surface area contributed by atoms with Gasteiger partial charge in [0.25, 0.3) is 0 Å². The fourth-order valence-electron chi connectivity index (χ4n) is 2.81. The molecule has 3 aromatic rings. The third-order valence-corrected chi connectivity index (χ3v) is 4.05. The molecular weight excluding hydrogens is 370 g/mol. The van der Waals surface area contributed by atoms with Crippen LogP contribution in [0.1, 0.15) is 54.1 Å². The van der Waals surface area contributed by atoms with Gasteiger partial charge in [-0.3, -0.25) is 0 Å². The molecule has 6 heteroatoms. The topological polar surface area (TPSA) is 77.6 Å². The van der Waals surface area contributed by atoms with Crippen molar-refractivity contribution >= 4 is 22.8 Å². The summed E-state index contributed by atoms with van der Waals surface area (Å²) in [5, 5.41) is 0.855. The van der Waals surface area contributed by atoms with Crippen LogP contribution in [0.15, 0.2) is 48.5 Å². The van der Waals surface area contributed by atoms with E-state index in [-0.39, 0.29) is 11.9 Å². The van der Waals surface area contributed by atoms with Gasteiger partial charge in [0.1, 0.15) is 23.7 Å². The molecule has 0 saturated heterocycles. The van der Waals surface area contributed by atoms with Gasteiger partial charge >= 0.3 is 11.9 Å². The SMILES string of the molecule is CCOC(=O)c1cc2cc(OCc3cccc(C(=O)OC(C)(C)C)c3)ccc2[nH]1. The molecule has 0 fully saturated rings. The van der Waals surface area contributed by atoms with Crippen molar-refractivity contribution in [2.24, 2.45) is 0 Å². The van der Waals surface area contributed by atoms with Gasteiger partial charge in [-0.2, -0.15) is 0 Å². The predicted molar refractivity (Wildman–Crippen MR) is 110 cm³/mol. The lowest BCUT2D eigenvalue weighted by atomic mass is 10.1. The summed E-state index contributed by atoms with van der Waals surface area (Å²) >= 11 is 0. The molecule has 0 unspecified atom stereocenters. The second-order valence-corrected chi connectivity index (χ2v) is 7.64. The first kappa shape index (κ1) is 20.5. The van der Waals surface area contributed by atoms with Gasteiger partial charge in [0.05, 0.1) is 12.2 Å². The van der Waals surface area contributed by atoms with Crippen LogP contribution in [0.25, 0.3) is 10.9 Å². The molecule has 0 bridgehead atoms. The summed E-state index contributed by atoms with van der Waals surface area (Å²) in [4.78, 5) is 27.1. The summed E-state index contributed by atoms with van der Waals surface area (Å²) in [5.74, 6) is -0.0840. The smallest absolute Gasteiger partial charge is 0.354 e. The minimum absolute atomic E-state index is 0.303. The van der Waals surface area contributed by atoms with Crippen molar-refractivity contribution in [2.75, 3.05) is 6.61 Å². The lowest BCUT2D eigenvalue weighted by Crippen LogP contribution is -2.23. The molecule has 0 aliphatic carbocycles. The van der Waals surface area contributed by atoms with E-state index in [1.807, 2.05) is 45.0 Å². The maximum Gasteiger partial charge on any atom is 0.354 e. The van der Waals surface area contributed by atoms with Crippen molar-refractivity contribution in [1.29, 1.82) is 0 Å². The highest BCUT2D eigenvalue weighted by Crippen LogP contribution is 2.23. The first-order valence-electron chi connectivity index (χ1n) is 9.50. The molecule has 0 atom stereocenters. The largest absolute Gasteiger partial charge is 0.489 e. The third-order valence-electron chi connectivity index (χ3n) is 4.05. The van der Waals surface area contributed by atoms with Crippen LogP contribution in [0.4, 0.5) is 0 Å². The summed E-state index contributed by atoms with van der Waals surface area (Å²) in [5.41, 5.74) is 2.03. The maximum atomic E-state index is 12.2. The van der Waals surface area contributed by atoms with E-state index in [0.717, 1.165) is 16.5 Å². The van der Waals surface area contributed by atoms with Crippen molar-refractivity contribution in [2.45, 2.75) is 39.9 Å². The molecule has 1 N–H and O–H groups in total. The highest BCUT2D eigenvalue weighted by molar-refractivity contribution is 5.95. The van der Waals surface area contributed by atoms with Crippen molar-refractivity contribution < 1.29 is 23.8 Å². The molecule has 0 saturated carbocycles. The average Bonchev–Trinajstić information content (AvgIpc) is 3.09. The van der Waals surface area contributed by atoms with Crippen molar-refractivity contribution in [1.82, 2.24) is 4.98 Å². The van der Waals surface area contributed by atoms with E-state index in [9.17, 15) is 9.59 Å². The third kappa shape index (κ3) is 5.38. The normalized spacial score (nSPS) is 11.3. The van der Waals surface area contributed by atoms with Crippen LogP contribution in [-0.2, 0) is 16.1 Å². The van der Waals surface area contributed by atoms with Gasteiger partial charge in [-0.05, 0) is 69.7 Å². The molecule has 2 aromatic carbocycles. The Morgan fingerprint density at radius 3 is 2.52 bits per heavy atom. The van der Waals surface area contributed by atoms with Crippen molar-refractivity contribution in [3.05, 3.63) is 65.4 Å². The van der Waals surface area contributed by atoms with Gasteiger partial charge in [0.15, 0.2) is 0 Å². The Bertz CT molecular complexity index is 1030. The Hall–Kier alpha value is -3.28. The van der Waals surface area contributed by atoms with Gasteiger partial charge in [-0.1, -0.05) is 12.1 Å². The number of H-pyrrole nitrogens is 1. The Morgan fingerprint density at radius 1 is 1.00 bits per heavy atom. The van der Waals surface area contributed by atoms with Crippen LogP contribution in [0, 0.1) is 0 Å². The first-order valence-corrected chi connectivity index (χ1v) is 9.50. The standard InChI is InChI=1S/C23H25NO5/c1-5-27-22(26)20-13-17-12-18(9-10-19(17)24-20)28-14-15-7-6-8-16(11-15)21(25)29-23(2,3)4/h6-13,24H,5,14H2,1-4H3. The Morgan fingerprint density at radius 2 is 1.79 bits per heavy atom. The highest BCUT2D eigenvalue weighted by atomic mass is 16.6. The average molecular weight is 395 g/mol. The number of nitrogens with one attached hydrogen (secondary N) is 1. The number of esters is 2. The number of benzene rings is 2. The lowest BCUT2D eigenvalue weighted by Gasteiger charge is -2.19. The molecule has 152 valence electrons. The molecule has 1 heterocycles. The number of aromatic nitrogens is 1. The number of carbonyl (C=O) groups excluding carboxylic acids is 2. The van der Waals surface area contributed by atoms with Gasteiger partial charge in [-0.25, -0.2) is 9.59 Å². The van der Waals surface area contributed by atoms with E-state index in [1.54, 1.807) is 31.2 Å². The number of aromatic amines is 1. The van der Waals surface area contributed by atoms with Gasteiger partial charge < -0.3 is 19.2 Å². The minimum Gasteiger partial charge on any atom is -0.489 e. The van der Waals surface area contributed by atoms with Crippen LogP contribution >= 0.6 is 0 Å². The number of ether oxygens (including phenoxy) is 3. The molecule has 6 nitrogen and oxygen atoms in total. The number of hydrogen-bond donors (Lipinski definition) is 1. The first-order chi connectivity index (χ1) is 13.7. The monoisotopic (exact) mass is 395 g/mol. The van der Waals surface area contributed by atoms with Crippen LogP contribution in [0.2, 0.25) is 0 Å². The molecule has 0 aliphatic heterocycles. The Labute approximate surface area is 169 Å². The summed E-state index contributed by atoms with van der Waals surface area (Å²) < 4.78 is 16.3. The van der Waals surface area contributed by atoms with Crippen LogP contribution in [0.3, 0.4) is 0 Å². The fourth-order valence-corrected chi connectivity index (χ4v) is 2.81. The summed E-state index contributed by atoms with van der Waals surface area (Å²) in [6.45, 7) is 7.90. The zero-order valence-corrected chi connectivity index (χ0v) is 17.1. The molecule has 0 amide bonds. The van der Waals surface area contributed by atoms with E-state index in [2.05, 4.69) is 4.98 Å². The van der Waals surface area contributed by atoms with Crippen molar-refractivity contribution in [3.8, 4) is 5.75 Å². The minimum atomic E-state index is -0.544. The number of rotatable bonds is 6. The zero-order chi connectivity index (χ0) is 21.0. The number of carbonyl (C=O) groups is 2. The van der Waals surface area contributed by atoms with Crippen LogP contribution < -0.4 is 4.74 Å². The number of fused-ring (bicyclic) bond motifs is 1. The predicted octanol–water partition coefficient (Wildman–Crippen LogP) is 4.88. The lowest BCUT2D eigenvalue weighted by molar-refractivity contribution is 0.00691. The zero-order valence-electron chi connectivity index (χ0n) is 17.1. The van der Waals surface area contributed by atoms with Gasteiger partial charge in [0, 0.05) is 10.9 Å². The second-order valence-electron chi connectivity index (χ2n) is 7.64. The van der Waals surface area contributed by atoms with Crippen LogP contribution in [0.5, 0.6) is 5.75 Å². The number of hydrogen-bond acceptors (Lipinski definition) is 5. The van der Waals surface area contributed by atoms with E-state index in [1.165, 1.54) is 0 Å². The molecule has 0 radical (unpaired) electrons. The molecule has 1 aromatic heterocycles. The Balaban J connectivity index is 1.69. The van der Waals surface area contributed by atoms with E-state index >= 15 is 0 Å². The fraction of sp³-hybridized carbons (Fsp3) is 0.304.